The maximum atomic E-state index is 13.7. The van der Waals surface area contributed by atoms with Crippen LogP contribution in [0.15, 0.2) is 79.0 Å². The number of nitrogens with zero attached hydrogens (tertiary/aromatic N) is 2. The van der Waals surface area contributed by atoms with Gasteiger partial charge in [0.15, 0.2) is 0 Å². The monoisotopic (exact) mass is 527 g/mol. The number of nitrogens with one attached hydrogen (secondary N) is 1. The van der Waals surface area contributed by atoms with Crippen LogP contribution in [0.2, 0.25) is 0 Å². The summed E-state index contributed by atoms with van der Waals surface area (Å²) < 4.78 is 13.5. The highest BCUT2D eigenvalue weighted by Crippen LogP contribution is 2.23. The molecule has 4 aromatic rings. The van der Waals surface area contributed by atoms with Gasteiger partial charge in [0.05, 0.1) is 0 Å². The van der Waals surface area contributed by atoms with Crippen LogP contribution in [0.1, 0.15) is 61.7 Å². The second-order valence-corrected chi connectivity index (χ2v) is 11.4. The number of halogens is 1. The average molecular weight is 528 g/mol. The highest BCUT2D eigenvalue weighted by atomic mass is 19.1. The van der Waals surface area contributed by atoms with E-state index in [9.17, 15) is 14.0 Å². The molecule has 1 aromatic heterocycles. The Kier molecular flexibility index (Phi) is 8.54. The van der Waals surface area contributed by atoms with Crippen LogP contribution in [0, 0.1) is 5.82 Å². The molecule has 0 fully saturated rings. The van der Waals surface area contributed by atoms with Crippen LogP contribution >= 0.6 is 0 Å². The fourth-order valence-electron chi connectivity index (χ4n) is 4.71. The summed E-state index contributed by atoms with van der Waals surface area (Å²) in [5.74, 6) is -0.630. The lowest BCUT2D eigenvalue weighted by atomic mass is 9.86. The zero-order valence-corrected chi connectivity index (χ0v) is 23.5. The molecule has 0 saturated carbocycles. The SMILES string of the molecule is CC(C)N(CC(=O)N(CCc1c[nH]c2ccccc12)Cc1ccc(F)cc1)C(=O)c1ccc(C(C)(C)C)cc1. The summed E-state index contributed by atoms with van der Waals surface area (Å²) in [6, 6.07) is 21.8. The van der Waals surface area contributed by atoms with Crippen molar-refractivity contribution in [2.24, 2.45) is 0 Å². The molecular weight excluding hydrogens is 489 g/mol. The van der Waals surface area contributed by atoms with Gasteiger partial charge < -0.3 is 14.8 Å². The van der Waals surface area contributed by atoms with Crippen molar-refractivity contribution in [1.82, 2.24) is 14.8 Å². The normalized spacial score (nSPS) is 11.7. The van der Waals surface area contributed by atoms with Gasteiger partial charge in [-0.25, -0.2) is 4.39 Å². The number of carbonyl (C=O) groups excluding carboxylic acids is 2. The number of H-pyrrole nitrogens is 1. The third kappa shape index (κ3) is 6.94. The summed E-state index contributed by atoms with van der Waals surface area (Å²) in [6.07, 6.45) is 2.64. The molecule has 6 heteroatoms. The van der Waals surface area contributed by atoms with Crippen molar-refractivity contribution < 1.29 is 14.0 Å². The largest absolute Gasteiger partial charge is 0.361 e. The van der Waals surface area contributed by atoms with Crippen molar-refractivity contribution in [3.63, 3.8) is 0 Å². The first-order chi connectivity index (χ1) is 18.5. The van der Waals surface area contributed by atoms with Crippen LogP contribution in [-0.2, 0) is 23.2 Å². The maximum Gasteiger partial charge on any atom is 0.254 e. The smallest absolute Gasteiger partial charge is 0.254 e. The summed E-state index contributed by atoms with van der Waals surface area (Å²) in [6.45, 7) is 11.0. The van der Waals surface area contributed by atoms with E-state index in [4.69, 9.17) is 0 Å². The molecule has 5 nitrogen and oxygen atoms in total. The number of rotatable bonds is 9. The number of aromatic nitrogens is 1. The number of fused-ring (bicyclic) bond motifs is 1. The minimum atomic E-state index is -0.315. The average Bonchev–Trinajstić information content (AvgIpc) is 3.32. The fraction of sp³-hybridized carbons (Fsp3) is 0.333. The summed E-state index contributed by atoms with van der Waals surface area (Å²) in [4.78, 5) is 33.9. The number of aromatic amines is 1. The molecule has 1 heterocycles. The number of para-hydroxylation sites is 1. The van der Waals surface area contributed by atoms with Gasteiger partial charge in [-0.15, -0.1) is 0 Å². The fourth-order valence-corrected chi connectivity index (χ4v) is 4.71. The van der Waals surface area contributed by atoms with Gasteiger partial charge in [-0.2, -0.15) is 0 Å². The Morgan fingerprint density at radius 2 is 1.59 bits per heavy atom. The van der Waals surface area contributed by atoms with Crippen LogP contribution in [0.5, 0.6) is 0 Å². The lowest BCUT2D eigenvalue weighted by molar-refractivity contribution is -0.132. The molecular formula is C33H38FN3O2. The molecule has 0 radical (unpaired) electrons. The molecule has 0 unspecified atom stereocenters. The molecule has 1 N–H and O–H groups in total. The van der Waals surface area contributed by atoms with Crippen molar-refractivity contribution in [2.45, 2.75) is 59.0 Å². The van der Waals surface area contributed by atoms with Gasteiger partial charge in [0.25, 0.3) is 5.91 Å². The van der Waals surface area contributed by atoms with Gasteiger partial charge >= 0.3 is 0 Å². The number of hydrogen-bond acceptors (Lipinski definition) is 2. The Bertz CT molecular complexity index is 1420. The first kappa shape index (κ1) is 28.1. The zero-order chi connectivity index (χ0) is 28.2. The molecule has 2 amide bonds. The van der Waals surface area contributed by atoms with Gasteiger partial charge in [0, 0.05) is 41.8 Å². The van der Waals surface area contributed by atoms with Crippen molar-refractivity contribution >= 4 is 22.7 Å². The molecule has 0 atom stereocenters. The predicted octanol–water partition coefficient (Wildman–Crippen LogP) is 6.73. The Morgan fingerprint density at radius 3 is 2.23 bits per heavy atom. The number of amides is 2. The van der Waals surface area contributed by atoms with Crippen molar-refractivity contribution in [2.75, 3.05) is 13.1 Å². The maximum absolute atomic E-state index is 13.7. The highest BCUT2D eigenvalue weighted by Gasteiger charge is 2.25. The molecule has 4 rings (SSSR count). The molecule has 0 aliphatic carbocycles. The minimum absolute atomic E-state index is 0.0130. The number of benzene rings is 3. The molecule has 0 spiro atoms. The van der Waals surface area contributed by atoms with E-state index in [1.165, 1.54) is 12.1 Å². The zero-order valence-electron chi connectivity index (χ0n) is 23.5. The van der Waals surface area contributed by atoms with E-state index in [2.05, 4.69) is 31.8 Å². The summed E-state index contributed by atoms with van der Waals surface area (Å²) in [5, 5.41) is 1.13. The molecule has 3 aromatic carbocycles. The minimum Gasteiger partial charge on any atom is -0.361 e. The Morgan fingerprint density at radius 1 is 0.923 bits per heavy atom. The Labute approximate surface area is 230 Å². The van der Waals surface area contributed by atoms with Crippen molar-refractivity contribution in [1.29, 1.82) is 0 Å². The topological polar surface area (TPSA) is 56.4 Å². The summed E-state index contributed by atoms with van der Waals surface area (Å²) in [7, 11) is 0. The van der Waals surface area contributed by atoms with E-state index >= 15 is 0 Å². The first-order valence-electron chi connectivity index (χ1n) is 13.5. The number of hydrogen-bond donors (Lipinski definition) is 1. The molecule has 204 valence electrons. The first-order valence-corrected chi connectivity index (χ1v) is 13.5. The van der Waals surface area contributed by atoms with Crippen LogP contribution in [-0.4, -0.2) is 45.7 Å². The third-order valence-corrected chi connectivity index (χ3v) is 7.15. The van der Waals surface area contributed by atoms with Gasteiger partial charge in [0.2, 0.25) is 5.91 Å². The van der Waals surface area contributed by atoms with E-state index in [0.29, 0.717) is 25.1 Å². The summed E-state index contributed by atoms with van der Waals surface area (Å²) >= 11 is 0. The molecule has 0 bridgehead atoms. The Hall–Kier alpha value is -3.93. The van der Waals surface area contributed by atoms with E-state index in [1.54, 1.807) is 21.9 Å². The molecule has 39 heavy (non-hydrogen) atoms. The predicted molar refractivity (Wildman–Crippen MR) is 155 cm³/mol. The van der Waals surface area contributed by atoms with E-state index in [-0.39, 0.29) is 35.6 Å². The van der Waals surface area contributed by atoms with Crippen LogP contribution in [0.25, 0.3) is 10.9 Å². The second kappa shape index (κ2) is 11.9. The molecule has 0 aliphatic heterocycles. The molecule has 0 aliphatic rings. The van der Waals surface area contributed by atoms with E-state index < -0.39 is 0 Å². The second-order valence-electron chi connectivity index (χ2n) is 11.4. The van der Waals surface area contributed by atoms with Crippen LogP contribution < -0.4 is 0 Å². The van der Waals surface area contributed by atoms with E-state index in [0.717, 1.165) is 27.6 Å². The standard InChI is InChI=1S/C33H38FN3O2/c1-23(2)37(32(39)25-12-14-27(15-13-25)33(3,4)5)22-31(38)36(21-24-10-16-28(34)17-11-24)19-18-26-20-35-30-9-7-6-8-29(26)30/h6-17,20,23,35H,18-19,21-22H2,1-5H3. The highest BCUT2D eigenvalue weighted by molar-refractivity contribution is 5.96. The van der Waals surface area contributed by atoms with Crippen molar-refractivity contribution in [3.8, 4) is 0 Å². The van der Waals surface area contributed by atoms with Crippen LogP contribution in [0.4, 0.5) is 4.39 Å². The van der Waals surface area contributed by atoms with E-state index in [1.807, 2.05) is 62.5 Å². The van der Waals surface area contributed by atoms with Crippen molar-refractivity contribution in [3.05, 3.63) is 107 Å². The summed E-state index contributed by atoms with van der Waals surface area (Å²) in [5.41, 5.74) is 4.71. The van der Waals surface area contributed by atoms with Gasteiger partial charge in [-0.1, -0.05) is 63.2 Å². The third-order valence-electron chi connectivity index (χ3n) is 7.15. The van der Waals surface area contributed by atoms with Gasteiger partial charge in [-0.3, -0.25) is 9.59 Å². The number of carbonyl (C=O) groups is 2. The molecule has 0 saturated heterocycles. The van der Waals surface area contributed by atoms with Gasteiger partial charge in [-0.05, 0) is 72.7 Å². The quantitative estimate of drug-likeness (QED) is 0.263. The Balaban J connectivity index is 1.54. The van der Waals surface area contributed by atoms with Gasteiger partial charge in [0.1, 0.15) is 12.4 Å². The lowest BCUT2D eigenvalue weighted by Gasteiger charge is -2.30. The van der Waals surface area contributed by atoms with Crippen LogP contribution in [0.3, 0.4) is 0 Å². The lowest BCUT2D eigenvalue weighted by Crippen LogP contribution is -2.46.